The summed E-state index contributed by atoms with van der Waals surface area (Å²) in [5, 5.41) is 3.28. The molecule has 0 fully saturated rings. The number of nitrogens with one attached hydrogen (secondary N) is 1. The Labute approximate surface area is 113 Å². The highest BCUT2D eigenvalue weighted by atomic mass is 79.9. The average molecular weight is 312 g/mol. The van der Waals surface area contributed by atoms with Crippen molar-refractivity contribution in [3.05, 3.63) is 27.2 Å². The van der Waals surface area contributed by atoms with E-state index in [0.717, 1.165) is 38.1 Å². The summed E-state index contributed by atoms with van der Waals surface area (Å²) in [5.41, 5.74) is 2.14. The number of thiophene rings is 1. The van der Waals surface area contributed by atoms with E-state index in [9.17, 15) is 0 Å². The zero-order valence-corrected chi connectivity index (χ0v) is 12.4. The standard InChI is InChI=1S/C12H14BrN3S/c1-4-14-11-7(2)8(3)15-12(16-11)9-5-6-10(13)17-9/h5-6H,4H2,1-3H3,(H,14,15,16). The molecule has 0 amide bonds. The largest absolute Gasteiger partial charge is 0.370 e. The van der Waals surface area contributed by atoms with Crippen LogP contribution >= 0.6 is 27.3 Å². The lowest BCUT2D eigenvalue weighted by Gasteiger charge is -2.10. The molecule has 0 radical (unpaired) electrons. The fourth-order valence-corrected chi connectivity index (χ4v) is 2.83. The molecule has 0 saturated heterocycles. The number of halogens is 1. The van der Waals surface area contributed by atoms with Crippen LogP contribution in [0.15, 0.2) is 15.9 Å². The molecule has 0 unspecified atom stereocenters. The van der Waals surface area contributed by atoms with Crippen LogP contribution in [0.3, 0.4) is 0 Å². The Morgan fingerprint density at radius 2 is 2.06 bits per heavy atom. The molecule has 0 aliphatic carbocycles. The van der Waals surface area contributed by atoms with E-state index >= 15 is 0 Å². The molecule has 1 N–H and O–H groups in total. The van der Waals surface area contributed by atoms with E-state index in [-0.39, 0.29) is 0 Å². The van der Waals surface area contributed by atoms with Gasteiger partial charge in [-0.2, -0.15) is 0 Å². The summed E-state index contributed by atoms with van der Waals surface area (Å²) in [6.45, 7) is 6.99. The van der Waals surface area contributed by atoms with Gasteiger partial charge in [0.25, 0.3) is 0 Å². The van der Waals surface area contributed by atoms with Gasteiger partial charge in [-0.1, -0.05) is 0 Å². The van der Waals surface area contributed by atoms with Gasteiger partial charge >= 0.3 is 0 Å². The second kappa shape index (κ2) is 5.14. The maximum atomic E-state index is 4.57. The number of anilines is 1. The van der Waals surface area contributed by atoms with Gasteiger partial charge in [0.1, 0.15) is 5.82 Å². The zero-order chi connectivity index (χ0) is 12.4. The summed E-state index contributed by atoms with van der Waals surface area (Å²) in [6, 6.07) is 4.06. The van der Waals surface area contributed by atoms with Crippen LogP contribution in [0.25, 0.3) is 10.7 Å². The summed E-state index contributed by atoms with van der Waals surface area (Å²) in [7, 11) is 0. The molecule has 0 aliphatic rings. The molecule has 0 bridgehead atoms. The summed E-state index contributed by atoms with van der Waals surface area (Å²) in [5.74, 6) is 1.72. The highest BCUT2D eigenvalue weighted by Crippen LogP contribution is 2.30. The average Bonchev–Trinajstić information content (AvgIpc) is 2.71. The molecular formula is C12H14BrN3S. The Hall–Kier alpha value is -0.940. The molecular weight excluding hydrogens is 298 g/mol. The van der Waals surface area contributed by atoms with Crippen molar-refractivity contribution >= 4 is 33.1 Å². The zero-order valence-electron chi connectivity index (χ0n) is 10.0. The monoisotopic (exact) mass is 311 g/mol. The van der Waals surface area contributed by atoms with Crippen molar-refractivity contribution < 1.29 is 0 Å². The molecule has 0 aliphatic heterocycles. The van der Waals surface area contributed by atoms with Gasteiger partial charge in [-0.3, -0.25) is 0 Å². The number of hydrogen-bond acceptors (Lipinski definition) is 4. The number of aromatic nitrogens is 2. The third-order valence-electron chi connectivity index (χ3n) is 2.53. The van der Waals surface area contributed by atoms with Crippen molar-refractivity contribution in [1.82, 2.24) is 9.97 Å². The van der Waals surface area contributed by atoms with Crippen LogP contribution in [-0.2, 0) is 0 Å². The number of aryl methyl sites for hydroxylation is 1. The van der Waals surface area contributed by atoms with Gasteiger partial charge in [-0.15, -0.1) is 11.3 Å². The van der Waals surface area contributed by atoms with Crippen molar-refractivity contribution in [1.29, 1.82) is 0 Å². The minimum atomic E-state index is 0.791. The first-order valence-corrected chi connectivity index (χ1v) is 7.07. The summed E-state index contributed by atoms with van der Waals surface area (Å²) in [4.78, 5) is 10.2. The van der Waals surface area contributed by atoms with Gasteiger partial charge in [-0.25, -0.2) is 9.97 Å². The molecule has 0 saturated carbocycles. The number of hydrogen-bond donors (Lipinski definition) is 1. The molecule has 3 nitrogen and oxygen atoms in total. The van der Waals surface area contributed by atoms with Crippen LogP contribution in [0.2, 0.25) is 0 Å². The van der Waals surface area contributed by atoms with Gasteiger partial charge in [0.2, 0.25) is 0 Å². The van der Waals surface area contributed by atoms with E-state index in [2.05, 4.69) is 38.1 Å². The minimum absolute atomic E-state index is 0.791. The van der Waals surface area contributed by atoms with Gasteiger partial charge in [-0.05, 0) is 48.8 Å². The lowest BCUT2D eigenvalue weighted by atomic mass is 10.2. The van der Waals surface area contributed by atoms with Gasteiger partial charge in [0.05, 0.1) is 8.66 Å². The first-order valence-electron chi connectivity index (χ1n) is 5.46. The summed E-state index contributed by atoms with van der Waals surface area (Å²) >= 11 is 5.11. The van der Waals surface area contributed by atoms with Crippen LogP contribution in [0.1, 0.15) is 18.2 Å². The first-order chi connectivity index (χ1) is 8.11. The van der Waals surface area contributed by atoms with E-state index in [1.165, 1.54) is 0 Å². The molecule has 2 aromatic heterocycles. The molecule has 2 rings (SSSR count). The van der Waals surface area contributed by atoms with E-state index in [1.807, 2.05) is 26.0 Å². The van der Waals surface area contributed by atoms with Gasteiger partial charge in [0, 0.05) is 17.8 Å². The summed E-state index contributed by atoms with van der Waals surface area (Å²) in [6.07, 6.45) is 0. The lowest BCUT2D eigenvalue weighted by molar-refractivity contribution is 1.05. The number of rotatable bonds is 3. The highest BCUT2D eigenvalue weighted by molar-refractivity contribution is 9.11. The fraction of sp³-hybridized carbons (Fsp3) is 0.333. The van der Waals surface area contributed by atoms with Crippen LogP contribution in [0.5, 0.6) is 0 Å². The molecule has 17 heavy (non-hydrogen) atoms. The quantitative estimate of drug-likeness (QED) is 0.930. The second-order valence-corrected chi connectivity index (χ2v) is 6.20. The van der Waals surface area contributed by atoms with Gasteiger partial charge < -0.3 is 5.32 Å². The SMILES string of the molecule is CCNc1nc(-c2ccc(Br)s2)nc(C)c1C. The molecule has 0 atom stereocenters. The first kappa shape index (κ1) is 12.5. The van der Waals surface area contributed by atoms with Crippen molar-refractivity contribution in [3.8, 4) is 10.7 Å². The van der Waals surface area contributed by atoms with Crippen LogP contribution in [-0.4, -0.2) is 16.5 Å². The van der Waals surface area contributed by atoms with E-state index < -0.39 is 0 Å². The molecule has 90 valence electrons. The van der Waals surface area contributed by atoms with E-state index in [0.29, 0.717) is 0 Å². The summed E-state index contributed by atoms with van der Waals surface area (Å²) < 4.78 is 1.10. The van der Waals surface area contributed by atoms with Crippen molar-refractivity contribution in [2.75, 3.05) is 11.9 Å². The smallest absolute Gasteiger partial charge is 0.171 e. The van der Waals surface area contributed by atoms with Crippen LogP contribution in [0.4, 0.5) is 5.82 Å². The van der Waals surface area contributed by atoms with Crippen LogP contribution < -0.4 is 5.32 Å². The minimum Gasteiger partial charge on any atom is -0.370 e. The molecule has 0 aromatic carbocycles. The maximum absolute atomic E-state index is 4.57. The fourth-order valence-electron chi connectivity index (χ4n) is 1.51. The van der Waals surface area contributed by atoms with Crippen LogP contribution in [0, 0.1) is 13.8 Å². The van der Waals surface area contributed by atoms with Gasteiger partial charge in [0.15, 0.2) is 5.82 Å². The van der Waals surface area contributed by atoms with E-state index in [4.69, 9.17) is 0 Å². The molecule has 2 heterocycles. The lowest BCUT2D eigenvalue weighted by Crippen LogP contribution is -2.05. The van der Waals surface area contributed by atoms with Crippen molar-refractivity contribution in [2.24, 2.45) is 0 Å². The predicted molar refractivity (Wildman–Crippen MR) is 76.7 cm³/mol. The van der Waals surface area contributed by atoms with Crippen molar-refractivity contribution in [3.63, 3.8) is 0 Å². The molecule has 2 aromatic rings. The molecule has 5 heteroatoms. The maximum Gasteiger partial charge on any atom is 0.171 e. The number of nitrogens with zero attached hydrogens (tertiary/aromatic N) is 2. The Morgan fingerprint density at radius 1 is 1.29 bits per heavy atom. The molecule has 0 spiro atoms. The Balaban J connectivity index is 2.48. The normalized spacial score (nSPS) is 10.6. The van der Waals surface area contributed by atoms with E-state index in [1.54, 1.807) is 11.3 Å². The van der Waals surface area contributed by atoms with Crippen molar-refractivity contribution in [2.45, 2.75) is 20.8 Å². The predicted octanol–water partition coefficient (Wildman–Crippen LogP) is 4.02. The second-order valence-electron chi connectivity index (χ2n) is 3.74. The Bertz CT molecular complexity index is 537. The topological polar surface area (TPSA) is 37.8 Å². The Morgan fingerprint density at radius 3 is 2.65 bits per heavy atom. The highest BCUT2D eigenvalue weighted by Gasteiger charge is 2.10. The third kappa shape index (κ3) is 2.66. The third-order valence-corrected chi connectivity index (χ3v) is 4.15. The Kier molecular flexibility index (Phi) is 3.79.